The molecule has 0 heterocycles. The molecule has 0 bridgehead atoms. The second-order valence-corrected chi connectivity index (χ2v) is 4.64. The summed E-state index contributed by atoms with van der Waals surface area (Å²) in [5.41, 5.74) is 0.0948. The normalized spacial score (nSPS) is 11.1. The van der Waals surface area contributed by atoms with Crippen LogP contribution in [0.1, 0.15) is 11.1 Å². The summed E-state index contributed by atoms with van der Waals surface area (Å²) in [6.07, 6.45) is -4.44. The van der Waals surface area contributed by atoms with Crippen molar-refractivity contribution in [1.29, 1.82) is 0 Å². The van der Waals surface area contributed by atoms with Gasteiger partial charge >= 0.3 is 12.2 Å². The number of alkyl halides is 3. The Morgan fingerprint density at radius 2 is 1.64 bits per heavy atom. The minimum absolute atomic E-state index is 0.00980. The minimum Gasteiger partial charge on any atom is -0.308 e. The standard InChI is InChI=1S/C15H12F4N2O/c1-9-2-7-12(16)13(8-9)21-14(22)20-11-5-3-10(4-6-11)15(17,18)19/h2-8H,1H3,(H2,20,21,22). The molecule has 22 heavy (non-hydrogen) atoms. The number of benzene rings is 2. The van der Waals surface area contributed by atoms with Crippen LogP contribution in [0.15, 0.2) is 42.5 Å². The molecule has 0 aliphatic rings. The Morgan fingerprint density at radius 1 is 1.00 bits per heavy atom. The smallest absolute Gasteiger partial charge is 0.308 e. The van der Waals surface area contributed by atoms with Crippen molar-refractivity contribution in [3.8, 4) is 0 Å². The van der Waals surface area contributed by atoms with Crippen LogP contribution in [0, 0.1) is 12.7 Å². The zero-order valence-electron chi connectivity index (χ0n) is 11.5. The zero-order chi connectivity index (χ0) is 16.3. The van der Waals surface area contributed by atoms with Crippen LogP contribution in [0.3, 0.4) is 0 Å². The fraction of sp³-hybridized carbons (Fsp3) is 0.133. The van der Waals surface area contributed by atoms with E-state index in [-0.39, 0.29) is 11.4 Å². The van der Waals surface area contributed by atoms with Crippen LogP contribution in [0.2, 0.25) is 0 Å². The molecular formula is C15H12F4N2O. The first-order valence-corrected chi connectivity index (χ1v) is 6.27. The highest BCUT2D eigenvalue weighted by molar-refractivity contribution is 5.99. The molecule has 0 radical (unpaired) electrons. The summed E-state index contributed by atoms with van der Waals surface area (Å²) in [7, 11) is 0. The quantitative estimate of drug-likeness (QED) is 0.769. The van der Waals surface area contributed by atoms with E-state index < -0.39 is 23.6 Å². The summed E-state index contributed by atoms with van der Waals surface area (Å²) in [5, 5.41) is 4.63. The van der Waals surface area contributed by atoms with Gasteiger partial charge in [-0.3, -0.25) is 0 Å². The predicted octanol–water partition coefficient (Wildman–Crippen LogP) is 4.80. The Labute approximate surface area is 124 Å². The van der Waals surface area contributed by atoms with Gasteiger partial charge in [0.15, 0.2) is 0 Å². The summed E-state index contributed by atoms with van der Waals surface area (Å²) >= 11 is 0. The van der Waals surface area contributed by atoms with E-state index in [0.717, 1.165) is 29.8 Å². The highest BCUT2D eigenvalue weighted by atomic mass is 19.4. The molecule has 3 nitrogen and oxygen atoms in total. The van der Waals surface area contributed by atoms with Crippen LogP contribution in [0.5, 0.6) is 0 Å². The molecule has 0 fully saturated rings. The Kier molecular flexibility index (Phi) is 4.35. The first-order valence-electron chi connectivity index (χ1n) is 6.27. The van der Waals surface area contributed by atoms with Gasteiger partial charge in [-0.1, -0.05) is 6.07 Å². The molecule has 2 rings (SSSR count). The lowest BCUT2D eigenvalue weighted by atomic mass is 10.2. The fourth-order valence-corrected chi connectivity index (χ4v) is 1.76. The maximum atomic E-state index is 13.5. The lowest BCUT2D eigenvalue weighted by Crippen LogP contribution is -2.20. The van der Waals surface area contributed by atoms with E-state index in [1.54, 1.807) is 13.0 Å². The van der Waals surface area contributed by atoms with Crippen molar-refractivity contribution in [3.63, 3.8) is 0 Å². The lowest BCUT2D eigenvalue weighted by Gasteiger charge is -2.10. The molecule has 0 saturated carbocycles. The second kappa shape index (κ2) is 6.05. The van der Waals surface area contributed by atoms with Crippen LogP contribution in [-0.2, 0) is 6.18 Å². The summed E-state index contributed by atoms with van der Waals surface area (Å²) in [4.78, 5) is 11.7. The second-order valence-electron chi connectivity index (χ2n) is 4.64. The van der Waals surface area contributed by atoms with Gasteiger partial charge in [-0.05, 0) is 48.9 Å². The van der Waals surface area contributed by atoms with E-state index in [2.05, 4.69) is 10.6 Å². The Morgan fingerprint density at radius 3 is 2.23 bits per heavy atom. The van der Waals surface area contributed by atoms with Gasteiger partial charge in [-0.2, -0.15) is 13.2 Å². The summed E-state index contributed by atoms with van der Waals surface area (Å²) in [5.74, 6) is -0.604. The topological polar surface area (TPSA) is 41.1 Å². The third-order valence-corrected chi connectivity index (χ3v) is 2.84. The fourth-order valence-electron chi connectivity index (χ4n) is 1.76. The van der Waals surface area contributed by atoms with Crippen LogP contribution in [0.4, 0.5) is 33.7 Å². The largest absolute Gasteiger partial charge is 0.416 e. The van der Waals surface area contributed by atoms with Crippen molar-refractivity contribution in [2.75, 3.05) is 10.6 Å². The first kappa shape index (κ1) is 15.8. The van der Waals surface area contributed by atoms with Gasteiger partial charge in [-0.15, -0.1) is 0 Å². The van der Waals surface area contributed by atoms with Gasteiger partial charge in [-0.25, -0.2) is 9.18 Å². The summed E-state index contributed by atoms with van der Waals surface area (Å²) in [6.45, 7) is 1.73. The van der Waals surface area contributed by atoms with Crippen molar-refractivity contribution in [3.05, 3.63) is 59.4 Å². The average molecular weight is 312 g/mol. The third kappa shape index (κ3) is 3.97. The molecule has 116 valence electrons. The molecule has 0 spiro atoms. The number of nitrogens with one attached hydrogen (secondary N) is 2. The molecule has 2 aromatic carbocycles. The Balaban J connectivity index is 2.04. The van der Waals surface area contributed by atoms with Crippen molar-refractivity contribution in [1.82, 2.24) is 0 Å². The van der Waals surface area contributed by atoms with Crippen molar-refractivity contribution >= 4 is 17.4 Å². The molecule has 2 N–H and O–H groups in total. The van der Waals surface area contributed by atoms with E-state index in [1.165, 1.54) is 12.1 Å². The van der Waals surface area contributed by atoms with Gasteiger partial charge in [0.25, 0.3) is 0 Å². The first-order chi connectivity index (χ1) is 10.3. The van der Waals surface area contributed by atoms with Gasteiger partial charge in [0.2, 0.25) is 0 Å². The van der Waals surface area contributed by atoms with Gasteiger partial charge in [0.1, 0.15) is 5.82 Å². The zero-order valence-corrected chi connectivity index (χ0v) is 11.5. The molecule has 2 amide bonds. The number of urea groups is 1. The number of carbonyl (C=O) groups excluding carboxylic acids is 1. The van der Waals surface area contributed by atoms with E-state index in [4.69, 9.17) is 0 Å². The number of aryl methyl sites for hydroxylation is 1. The Bertz CT molecular complexity index is 681. The van der Waals surface area contributed by atoms with E-state index in [9.17, 15) is 22.4 Å². The van der Waals surface area contributed by atoms with Gasteiger partial charge < -0.3 is 10.6 Å². The number of amides is 2. The van der Waals surface area contributed by atoms with Crippen molar-refractivity contribution in [2.45, 2.75) is 13.1 Å². The summed E-state index contributed by atoms with van der Waals surface area (Å²) < 4.78 is 50.7. The lowest BCUT2D eigenvalue weighted by molar-refractivity contribution is -0.137. The number of hydrogen-bond donors (Lipinski definition) is 2. The van der Waals surface area contributed by atoms with Gasteiger partial charge in [0, 0.05) is 5.69 Å². The molecule has 0 atom stereocenters. The molecule has 0 aliphatic carbocycles. The number of rotatable bonds is 2. The van der Waals surface area contributed by atoms with Crippen LogP contribution in [0.25, 0.3) is 0 Å². The summed E-state index contributed by atoms with van der Waals surface area (Å²) in [6, 6.07) is 7.40. The van der Waals surface area contributed by atoms with Gasteiger partial charge in [0.05, 0.1) is 11.3 Å². The highest BCUT2D eigenvalue weighted by Crippen LogP contribution is 2.29. The van der Waals surface area contributed by atoms with Crippen LogP contribution < -0.4 is 10.6 Å². The number of anilines is 2. The monoisotopic (exact) mass is 312 g/mol. The molecule has 0 saturated heterocycles. The molecule has 0 unspecified atom stereocenters. The highest BCUT2D eigenvalue weighted by Gasteiger charge is 2.29. The predicted molar refractivity (Wildman–Crippen MR) is 75.2 cm³/mol. The van der Waals surface area contributed by atoms with Crippen molar-refractivity contribution < 1.29 is 22.4 Å². The van der Waals surface area contributed by atoms with E-state index in [1.807, 2.05) is 0 Å². The molecule has 2 aromatic rings. The molecule has 0 aliphatic heterocycles. The minimum atomic E-state index is -4.44. The van der Waals surface area contributed by atoms with E-state index >= 15 is 0 Å². The Hall–Kier alpha value is -2.57. The van der Waals surface area contributed by atoms with Crippen molar-refractivity contribution in [2.24, 2.45) is 0 Å². The maximum absolute atomic E-state index is 13.5. The molecule has 7 heteroatoms. The third-order valence-electron chi connectivity index (χ3n) is 2.84. The van der Waals surface area contributed by atoms with Crippen LogP contribution in [-0.4, -0.2) is 6.03 Å². The van der Waals surface area contributed by atoms with Crippen LogP contribution >= 0.6 is 0 Å². The maximum Gasteiger partial charge on any atom is 0.416 e. The SMILES string of the molecule is Cc1ccc(F)c(NC(=O)Nc2ccc(C(F)(F)F)cc2)c1. The molecular weight excluding hydrogens is 300 g/mol. The number of hydrogen-bond acceptors (Lipinski definition) is 1. The number of carbonyl (C=O) groups is 1. The van der Waals surface area contributed by atoms with E-state index in [0.29, 0.717) is 0 Å². The number of halogens is 4. The molecule has 0 aromatic heterocycles. The average Bonchev–Trinajstić information content (AvgIpc) is 2.42.